The van der Waals surface area contributed by atoms with Gasteiger partial charge in [0, 0.05) is 19.0 Å². The van der Waals surface area contributed by atoms with Gasteiger partial charge in [-0.15, -0.1) is 0 Å². The van der Waals surface area contributed by atoms with Crippen molar-refractivity contribution < 1.29 is 23.8 Å². The van der Waals surface area contributed by atoms with E-state index in [1.54, 1.807) is 13.0 Å². The smallest absolute Gasteiger partial charge is 0.407 e. The quantitative estimate of drug-likeness (QED) is 0.723. The van der Waals surface area contributed by atoms with Crippen molar-refractivity contribution in [1.29, 1.82) is 0 Å². The number of carbonyl (C=O) groups is 2. The third-order valence-corrected chi connectivity index (χ3v) is 4.90. The van der Waals surface area contributed by atoms with Gasteiger partial charge in [-0.05, 0) is 24.5 Å². The molecule has 1 fully saturated rings. The zero-order chi connectivity index (χ0) is 19.6. The number of nitrogens with two attached hydrogens (primary N) is 1. The minimum absolute atomic E-state index is 0.192. The molecule has 9 nitrogen and oxygen atoms in total. The first-order valence-electron chi connectivity index (χ1n) is 8.13. The lowest BCUT2D eigenvalue weighted by atomic mass is 10.1. The number of carboxylic acid groups (broad SMARTS) is 1. The maximum absolute atomic E-state index is 14.1. The Morgan fingerprint density at radius 2 is 2.26 bits per heavy atom. The van der Waals surface area contributed by atoms with Crippen LogP contribution in [0.3, 0.4) is 0 Å². The average Bonchev–Trinajstić information content (AvgIpc) is 2.96. The number of alkyl halides is 1. The molecule has 0 saturated carbocycles. The number of carbonyl (C=O) groups excluding carboxylic acids is 1. The molecule has 4 N–H and O–H groups in total. The van der Waals surface area contributed by atoms with E-state index in [0.29, 0.717) is 21.9 Å². The van der Waals surface area contributed by atoms with Gasteiger partial charge >= 0.3 is 6.09 Å². The van der Waals surface area contributed by atoms with E-state index in [2.05, 4.69) is 14.7 Å². The van der Waals surface area contributed by atoms with E-state index in [0.717, 1.165) is 16.4 Å². The number of aryl methyl sites for hydroxylation is 1. The largest absolute Gasteiger partial charge is 0.471 e. The van der Waals surface area contributed by atoms with Crippen molar-refractivity contribution in [3.63, 3.8) is 0 Å². The molecule has 0 spiro atoms. The molecule has 1 aliphatic rings. The number of likely N-dealkylation sites (tertiary alicyclic amines) is 1. The van der Waals surface area contributed by atoms with Gasteiger partial charge in [-0.3, -0.25) is 4.79 Å². The van der Waals surface area contributed by atoms with Gasteiger partial charge < -0.3 is 25.8 Å². The normalized spacial score (nSPS) is 19.6. The molecule has 0 bridgehead atoms. The first-order chi connectivity index (χ1) is 12.8. The number of nitrogens with one attached hydrogen (secondary N) is 1. The van der Waals surface area contributed by atoms with Gasteiger partial charge in [0.15, 0.2) is 6.17 Å². The van der Waals surface area contributed by atoms with Crippen molar-refractivity contribution in [3.8, 4) is 5.88 Å². The van der Waals surface area contributed by atoms with Crippen molar-refractivity contribution in [2.75, 3.05) is 24.1 Å². The number of halogens is 1. The fourth-order valence-electron chi connectivity index (χ4n) is 2.73. The van der Waals surface area contributed by atoms with E-state index in [1.165, 1.54) is 12.3 Å². The van der Waals surface area contributed by atoms with Crippen LogP contribution in [0.2, 0.25) is 0 Å². The molecule has 2 atom stereocenters. The number of piperidine rings is 1. The van der Waals surface area contributed by atoms with E-state index < -0.39 is 18.4 Å². The predicted molar refractivity (Wildman–Crippen MR) is 97.0 cm³/mol. The van der Waals surface area contributed by atoms with Gasteiger partial charge in [-0.25, -0.2) is 14.2 Å². The highest BCUT2D eigenvalue weighted by atomic mass is 32.1. The molecule has 0 unspecified atom stereocenters. The molecule has 27 heavy (non-hydrogen) atoms. The number of rotatable bonds is 4. The Kier molecular flexibility index (Phi) is 5.40. The second-order valence-corrected chi connectivity index (χ2v) is 6.84. The summed E-state index contributed by atoms with van der Waals surface area (Å²) in [6.07, 6.45) is -1.73. The first kappa shape index (κ1) is 18.8. The van der Waals surface area contributed by atoms with Crippen molar-refractivity contribution in [2.45, 2.75) is 25.6 Å². The Hall–Kier alpha value is -2.95. The molecule has 2 aromatic heterocycles. The molecule has 144 valence electrons. The molecule has 11 heteroatoms. The van der Waals surface area contributed by atoms with Crippen LogP contribution in [-0.2, 0) is 0 Å². The fourth-order valence-corrected chi connectivity index (χ4v) is 3.38. The molecule has 3 rings (SSSR count). The number of nitrogens with zero attached hydrogens (tertiary/aromatic N) is 3. The molecule has 0 radical (unpaired) electrons. The summed E-state index contributed by atoms with van der Waals surface area (Å²) in [4.78, 5) is 28.2. The maximum Gasteiger partial charge on any atom is 0.407 e. The third-order valence-electron chi connectivity index (χ3n) is 4.13. The number of hydrogen-bond donors (Lipinski definition) is 3. The summed E-state index contributed by atoms with van der Waals surface area (Å²) in [6, 6.07) is 3.08. The molecule has 2 aromatic rings. The summed E-state index contributed by atoms with van der Waals surface area (Å²) >= 11 is 1.05. The predicted octanol–water partition coefficient (Wildman–Crippen LogP) is 2.15. The van der Waals surface area contributed by atoms with Crippen LogP contribution in [0.5, 0.6) is 5.88 Å². The van der Waals surface area contributed by atoms with Crippen LogP contribution in [0.4, 0.5) is 19.9 Å². The van der Waals surface area contributed by atoms with Gasteiger partial charge in [0.25, 0.3) is 5.91 Å². The van der Waals surface area contributed by atoms with Crippen LogP contribution in [0.25, 0.3) is 0 Å². The van der Waals surface area contributed by atoms with Gasteiger partial charge in [-0.2, -0.15) is 4.37 Å². The lowest BCUT2D eigenvalue weighted by Crippen LogP contribution is -2.48. The van der Waals surface area contributed by atoms with Gasteiger partial charge in [-0.1, -0.05) is 0 Å². The number of anilines is 2. The van der Waals surface area contributed by atoms with Crippen LogP contribution in [-0.4, -0.2) is 56.7 Å². The zero-order valence-corrected chi connectivity index (χ0v) is 15.2. The Labute approximate surface area is 158 Å². The van der Waals surface area contributed by atoms with E-state index in [1.807, 2.05) is 0 Å². The van der Waals surface area contributed by atoms with E-state index >= 15 is 0 Å². The van der Waals surface area contributed by atoms with Crippen LogP contribution < -0.4 is 15.8 Å². The monoisotopic (exact) mass is 395 g/mol. The summed E-state index contributed by atoms with van der Waals surface area (Å²) in [5.74, 6) is -0.198. The lowest BCUT2D eigenvalue weighted by molar-refractivity contribution is 0.0226. The van der Waals surface area contributed by atoms with Gasteiger partial charge in [0.1, 0.15) is 11.1 Å². The van der Waals surface area contributed by atoms with Crippen LogP contribution in [0, 0.1) is 6.92 Å². The zero-order valence-electron chi connectivity index (χ0n) is 14.4. The molecule has 2 amide bonds. The van der Waals surface area contributed by atoms with E-state index in [9.17, 15) is 14.0 Å². The summed E-state index contributed by atoms with van der Waals surface area (Å²) in [7, 11) is 0. The fraction of sp³-hybridized carbons (Fsp3) is 0.375. The molecular formula is C16H18FN5O4S. The second kappa shape index (κ2) is 7.74. The summed E-state index contributed by atoms with van der Waals surface area (Å²) < 4.78 is 23.6. The minimum atomic E-state index is -1.44. The standard InChI is InChI=1S/C16H18FN5O4S/c1-8-13(14(18)27-21-8)15(23)20-9-2-3-12(19-6-9)26-11-4-5-22(16(24)25)7-10(11)17/h2-3,6,10-11H,4-5,7,18H2,1H3,(H,20,23)(H,24,25)/t10-,11+/m1/s1. The lowest BCUT2D eigenvalue weighted by Gasteiger charge is -2.32. The van der Waals surface area contributed by atoms with Gasteiger partial charge in [0.2, 0.25) is 5.88 Å². The third kappa shape index (κ3) is 4.25. The first-order valence-corrected chi connectivity index (χ1v) is 8.90. The van der Waals surface area contributed by atoms with Crippen molar-refractivity contribution >= 4 is 34.2 Å². The minimum Gasteiger partial charge on any atom is -0.471 e. The van der Waals surface area contributed by atoms with Crippen molar-refractivity contribution in [2.24, 2.45) is 0 Å². The highest BCUT2D eigenvalue weighted by Crippen LogP contribution is 2.23. The molecule has 0 aliphatic carbocycles. The highest BCUT2D eigenvalue weighted by Gasteiger charge is 2.33. The van der Waals surface area contributed by atoms with Crippen molar-refractivity contribution in [3.05, 3.63) is 29.6 Å². The van der Waals surface area contributed by atoms with Crippen LogP contribution in [0.1, 0.15) is 22.5 Å². The molecular weight excluding hydrogens is 377 g/mol. The SMILES string of the molecule is Cc1nsc(N)c1C(=O)Nc1ccc(O[C@H]2CCN(C(=O)O)C[C@H]2F)nc1. The van der Waals surface area contributed by atoms with Crippen molar-refractivity contribution in [1.82, 2.24) is 14.3 Å². The number of aromatic nitrogens is 2. The van der Waals surface area contributed by atoms with Gasteiger partial charge in [0.05, 0.1) is 29.7 Å². The van der Waals surface area contributed by atoms with E-state index in [4.69, 9.17) is 15.6 Å². The Bertz CT molecular complexity index is 824. The molecule has 1 saturated heterocycles. The number of hydrogen-bond acceptors (Lipinski definition) is 7. The van der Waals surface area contributed by atoms with Crippen LogP contribution in [0.15, 0.2) is 18.3 Å². The van der Waals surface area contributed by atoms with Crippen LogP contribution >= 0.6 is 11.5 Å². The maximum atomic E-state index is 14.1. The van der Waals surface area contributed by atoms with E-state index in [-0.39, 0.29) is 31.3 Å². The number of pyridine rings is 1. The summed E-state index contributed by atoms with van der Waals surface area (Å²) in [5.41, 5.74) is 7.05. The topological polar surface area (TPSA) is 131 Å². The number of amides is 2. The number of nitrogen functional groups attached to an aromatic ring is 1. The average molecular weight is 395 g/mol. The summed E-state index contributed by atoms with van der Waals surface area (Å²) in [5, 5.41) is 11.9. The Balaban J connectivity index is 1.59. The Morgan fingerprint density at radius 1 is 1.48 bits per heavy atom. The second-order valence-electron chi connectivity index (χ2n) is 6.04. The molecule has 1 aliphatic heterocycles. The molecule has 3 heterocycles. The Morgan fingerprint density at radius 3 is 2.81 bits per heavy atom. The number of ether oxygens (including phenoxy) is 1. The summed E-state index contributed by atoms with van der Waals surface area (Å²) in [6.45, 7) is 1.66. The molecule has 0 aromatic carbocycles. The highest BCUT2D eigenvalue weighted by molar-refractivity contribution is 7.10.